The number of benzene rings is 1. The van der Waals surface area contributed by atoms with Gasteiger partial charge in [0.25, 0.3) is 0 Å². The molecule has 1 aliphatic heterocycles. The molecule has 4 nitrogen and oxygen atoms in total. The molecule has 1 aromatic heterocycles. The van der Waals surface area contributed by atoms with Gasteiger partial charge >= 0.3 is 0 Å². The molecule has 1 aliphatic rings. The molecule has 1 fully saturated rings. The molecule has 2 aromatic rings. The number of piperidine rings is 1. The lowest BCUT2D eigenvalue weighted by molar-refractivity contribution is 0.137. The first-order chi connectivity index (χ1) is 10.1. The number of fused-ring (bicyclic) bond motifs is 1. The number of rotatable bonds is 4. The van der Waals surface area contributed by atoms with E-state index in [-0.39, 0.29) is 5.82 Å². The molecule has 114 valence electrons. The Labute approximate surface area is 125 Å². The molecule has 1 N–H and O–H groups in total. The van der Waals surface area contributed by atoms with Gasteiger partial charge in [-0.05, 0) is 51.7 Å². The van der Waals surface area contributed by atoms with E-state index in [0.29, 0.717) is 6.04 Å². The van der Waals surface area contributed by atoms with Crippen molar-refractivity contribution in [1.82, 2.24) is 19.8 Å². The van der Waals surface area contributed by atoms with Gasteiger partial charge in [-0.15, -0.1) is 0 Å². The molecule has 3 rings (SSSR count). The van der Waals surface area contributed by atoms with E-state index in [0.717, 1.165) is 29.9 Å². The van der Waals surface area contributed by atoms with E-state index in [4.69, 9.17) is 0 Å². The quantitative estimate of drug-likeness (QED) is 0.940. The van der Waals surface area contributed by atoms with Crippen LogP contribution in [-0.4, -0.2) is 53.0 Å². The SMILES string of the molecule is CN(Cc1nc2ccc(F)cc2[nH]1)C[C@H]1CCCCN1C. The van der Waals surface area contributed by atoms with Gasteiger partial charge in [0.1, 0.15) is 11.6 Å². The van der Waals surface area contributed by atoms with E-state index in [1.54, 1.807) is 6.07 Å². The third kappa shape index (κ3) is 3.41. The third-order valence-corrected chi connectivity index (χ3v) is 4.36. The molecule has 1 atom stereocenters. The first-order valence-corrected chi connectivity index (χ1v) is 7.65. The molecule has 0 saturated carbocycles. The van der Waals surface area contributed by atoms with E-state index in [1.807, 2.05) is 0 Å². The summed E-state index contributed by atoms with van der Waals surface area (Å²) in [5, 5.41) is 0. The zero-order chi connectivity index (χ0) is 14.8. The van der Waals surface area contributed by atoms with Crippen LogP contribution in [0, 0.1) is 5.82 Å². The maximum Gasteiger partial charge on any atom is 0.125 e. The monoisotopic (exact) mass is 290 g/mol. The second-order valence-electron chi connectivity index (χ2n) is 6.17. The van der Waals surface area contributed by atoms with Crippen molar-refractivity contribution in [2.75, 3.05) is 27.2 Å². The zero-order valence-electron chi connectivity index (χ0n) is 12.8. The summed E-state index contributed by atoms with van der Waals surface area (Å²) in [7, 11) is 4.33. The topological polar surface area (TPSA) is 35.2 Å². The van der Waals surface area contributed by atoms with E-state index >= 15 is 0 Å². The molecule has 1 aromatic carbocycles. The number of aromatic amines is 1. The van der Waals surface area contributed by atoms with Crippen LogP contribution in [0.4, 0.5) is 4.39 Å². The highest BCUT2D eigenvalue weighted by Crippen LogP contribution is 2.17. The Morgan fingerprint density at radius 2 is 2.29 bits per heavy atom. The second kappa shape index (κ2) is 6.12. The van der Waals surface area contributed by atoms with E-state index in [1.165, 1.54) is 37.9 Å². The average molecular weight is 290 g/mol. The standard InChI is InChI=1S/C16H23FN4/c1-20(10-13-5-3-4-8-21(13)2)11-16-18-14-7-6-12(17)9-15(14)19-16/h6-7,9,13H,3-5,8,10-11H2,1-2H3,(H,18,19)/t13-/m1/s1. The minimum atomic E-state index is -0.227. The van der Waals surface area contributed by atoms with Crippen molar-refractivity contribution in [3.63, 3.8) is 0 Å². The van der Waals surface area contributed by atoms with Crippen molar-refractivity contribution in [2.24, 2.45) is 0 Å². The lowest BCUT2D eigenvalue weighted by Crippen LogP contribution is -2.43. The number of hydrogen-bond acceptors (Lipinski definition) is 3. The number of nitrogens with zero attached hydrogens (tertiary/aromatic N) is 3. The predicted molar refractivity (Wildman–Crippen MR) is 82.7 cm³/mol. The smallest absolute Gasteiger partial charge is 0.125 e. The van der Waals surface area contributed by atoms with E-state index < -0.39 is 0 Å². The third-order valence-electron chi connectivity index (χ3n) is 4.36. The summed E-state index contributed by atoms with van der Waals surface area (Å²) in [5.41, 5.74) is 1.60. The molecule has 21 heavy (non-hydrogen) atoms. The summed E-state index contributed by atoms with van der Waals surface area (Å²) in [4.78, 5) is 12.5. The molecule has 0 amide bonds. The number of likely N-dealkylation sites (tertiary alicyclic amines) is 1. The molecule has 0 aliphatic carbocycles. The largest absolute Gasteiger partial charge is 0.341 e. The van der Waals surface area contributed by atoms with Gasteiger partial charge in [0, 0.05) is 12.6 Å². The number of aromatic nitrogens is 2. The molecule has 0 unspecified atom stereocenters. The molecular weight excluding hydrogens is 267 g/mol. The minimum absolute atomic E-state index is 0.227. The molecule has 0 bridgehead atoms. The number of H-pyrrole nitrogens is 1. The van der Waals surface area contributed by atoms with Crippen molar-refractivity contribution < 1.29 is 4.39 Å². The lowest BCUT2D eigenvalue weighted by atomic mass is 10.0. The minimum Gasteiger partial charge on any atom is -0.341 e. The summed E-state index contributed by atoms with van der Waals surface area (Å²) in [6.07, 6.45) is 3.91. The van der Waals surface area contributed by atoms with Crippen LogP contribution in [0.1, 0.15) is 25.1 Å². The Balaban J connectivity index is 1.64. The highest BCUT2D eigenvalue weighted by atomic mass is 19.1. The Kier molecular flexibility index (Phi) is 4.22. The van der Waals surface area contributed by atoms with Crippen LogP contribution in [-0.2, 0) is 6.54 Å². The van der Waals surface area contributed by atoms with Gasteiger partial charge in [-0.1, -0.05) is 6.42 Å². The van der Waals surface area contributed by atoms with E-state index in [2.05, 4.69) is 33.9 Å². The Morgan fingerprint density at radius 3 is 3.10 bits per heavy atom. The van der Waals surface area contributed by atoms with Crippen molar-refractivity contribution >= 4 is 11.0 Å². The van der Waals surface area contributed by atoms with Crippen LogP contribution in [0.25, 0.3) is 11.0 Å². The van der Waals surface area contributed by atoms with Crippen molar-refractivity contribution in [1.29, 1.82) is 0 Å². The van der Waals surface area contributed by atoms with Gasteiger partial charge in [-0.25, -0.2) is 9.37 Å². The van der Waals surface area contributed by atoms with Crippen molar-refractivity contribution in [3.8, 4) is 0 Å². The maximum atomic E-state index is 13.2. The first-order valence-electron chi connectivity index (χ1n) is 7.65. The Bertz CT molecular complexity index is 609. The van der Waals surface area contributed by atoms with Crippen LogP contribution in [0.2, 0.25) is 0 Å². The van der Waals surface area contributed by atoms with Gasteiger partial charge < -0.3 is 9.88 Å². The Morgan fingerprint density at radius 1 is 1.43 bits per heavy atom. The normalized spacial score (nSPS) is 20.5. The number of likely N-dealkylation sites (N-methyl/N-ethyl adjacent to an activating group) is 2. The lowest BCUT2D eigenvalue weighted by Gasteiger charge is -2.35. The van der Waals surface area contributed by atoms with Crippen LogP contribution in [0.3, 0.4) is 0 Å². The number of nitrogens with one attached hydrogen (secondary N) is 1. The fourth-order valence-electron chi connectivity index (χ4n) is 3.16. The summed E-state index contributed by atoms with van der Waals surface area (Å²) in [6.45, 7) is 3.00. The van der Waals surface area contributed by atoms with Crippen LogP contribution in [0.15, 0.2) is 18.2 Å². The first kappa shape index (κ1) is 14.5. The van der Waals surface area contributed by atoms with Gasteiger partial charge in [-0.3, -0.25) is 4.90 Å². The summed E-state index contributed by atoms with van der Waals surface area (Å²) in [6, 6.07) is 5.30. The predicted octanol–water partition coefficient (Wildman–Crippen LogP) is 2.62. The molecule has 2 heterocycles. The summed E-state index contributed by atoms with van der Waals surface area (Å²) >= 11 is 0. The zero-order valence-corrected chi connectivity index (χ0v) is 12.8. The van der Waals surface area contributed by atoms with Gasteiger partial charge in [0.2, 0.25) is 0 Å². The summed E-state index contributed by atoms with van der Waals surface area (Å²) in [5.74, 6) is 0.673. The fourth-order valence-corrected chi connectivity index (χ4v) is 3.16. The van der Waals surface area contributed by atoms with Gasteiger partial charge in [0.15, 0.2) is 0 Å². The van der Waals surface area contributed by atoms with Crippen LogP contribution >= 0.6 is 0 Å². The molecule has 5 heteroatoms. The average Bonchev–Trinajstić information content (AvgIpc) is 2.82. The highest BCUT2D eigenvalue weighted by molar-refractivity contribution is 5.74. The molecule has 0 radical (unpaired) electrons. The van der Waals surface area contributed by atoms with E-state index in [9.17, 15) is 4.39 Å². The molecule has 0 spiro atoms. The number of imidazole rings is 1. The fraction of sp³-hybridized carbons (Fsp3) is 0.562. The van der Waals surface area contributed by atoms with Gasteiger partial charge in [-0.2, -0.15) is 0 Å². The molecule has 1 saturated heterocycles. The second-order valence-corrected chi connectivity index (χ2v) is 6.17. The molecular formula is C16H23FN4. The van der Waals surface area contributed by atoms with Crippen LogP contribution in [0.5, 0.6) is 0 Å². The van der Waals surface area contributed by atoms with Crippen LogP contribution < -0.4 is 0 Å². The maximum absolute atomic E-state index is 13.2. The highest BCUT2D eigenvalue weighted by Gasteiger charge is 2.20. The van der Waals surface area contributed by atoms with Crippen molar-refractivity contribution in [3.05, 3.63) is 29.8 Å². The van der Waals surface area contributed by atoms with Gasteiger partial charge in [0.05, 0.1) is 17.6 Å². The Hall–Kier alpha value is -1.46. The number of halogens is 1. The summed E-state index contributed by atoms with van der Waals surface area (Å²) < 4.78 is 13.2. The number of hydrogen-bond donors (Lipinski definition) is 1. The van der Waals surface area contributed by atoms with Crippen molar-refractivity contribution in [2.45, 2.75) is 31.8 Å².